The third kappa shape index (κ3) is 4.15. The van der Waals surface area contributed by atoms with E-state index in [1.54, 1.807) is 0 Å². The fourth-order valence-corrected chi connectivity index (χ4v) is 6.96. The third-order valence-corrected chi connectivity index (χ3v) is 9.09. The molecule has 1 aliphatic carbocycles. The zero-order chi connectivity index (χ0) is 28.8. The van der Waals surface area contributed by atoms with Crippen LogP contribution in [-0.4, -0.2) is 67.1 Å². The minimum atomic E-state index is -4.87. The quantitative estimate of drug-likeness (QED) is 0.426. The molecule has 14 heteroatoms. The smallest absolute Gasteiger partial charge is 0.418 e. The number of aromatic nitrogens is 3. The van der Waals surface area contributed by atoms with Crippen LogP contribution in [0.4, 0.5) is 29.2 Å². The molecule has 0 spiro atoms. The molecule has 8 rings (SSSR count). The normalized spacial score (nSPS) is 26.8. The van der Waals surface area contributed by atoms with E-state index in [2.05, 4.69) is 20.3 Å². The first-order valence-corrected chi connectivity index (χ1v) is 13.7. The molecular weight excluding hydrogens is 568 g/mol. The van der Waals surface area contributed by atoms with Crippen LogP contribution in [0.5, 0.6) is 11.8 Å². The highest BCUT2D eigenvalue weighted by Crippen LogP contribution is 2.52. The van der Waals surface area contributed by atoms with Crippen LogP contribution in [0, 0.1) is 24.1 Å². The van der Waals surface area contributed by atoms with Gasteiger partial charge in [-0.3, -0.25) is 0 Å². The summed E-state index contributed by atoms with van der Waals surface area (Å²) in [5, 5.41) is 3.12. The van der Waals surface area contributed by atoms with Gasteiger partial charge in [0.1, 0.15) is 17.2 Å². The van der Waals surface area contributed by atoms with Crippen molar-refractivity contribution >= 4 is 34.1 Å². The van der Waals surface area contributed by atoms with Gasteiger partial charge in [-0.2, -0.15) is 23.1 Å². The predicted octanol–water partition coefficient (Wildman–Crippen LogP) is 4.37. The first kappa shape index (κ1) is 26.7. The molecule has 2 aromatic heterocycles. The number of halogens is 5. The highest BCUT2D eigenvalue weighted by Gasteiger charge is 2.52. The Hall–Kier alpha value is -3.16. The molecule has 1 aromatic carbocycles. The number of hydrogen-bond donors (Lipinski definition) is 2. The summed E-state index contributed by atoms with van der Waals surface area (Å²) in [6, 6.07) is 0.943. The van der Waals surface area contributed by atoms with Gasteiger partial charge in [0.15, 0.2) is 11.6 Å². The summed E-state index contributed by atoms with van der Waals surface area (Å²) >= 11 is 6.74. The SMILES string of the molecule is Cc1cc(N)nc(-c2c(Cl)c3c4c(nc(OCC56COC(C5)C6)nc4c2F)N(C)C2CNCC2CO3)c1C(F)(F)F. The van der Waals surface area contributed by atoms with Gasteiger partial charge in [-0.15, -0.1) is 0 Å². The van der Waals surface area contributed by atoms with Crippen molar-refractivity contribution in [2.24, 2.45) is 11.3 Å². The average Bonchev–Trinajstić information content (AvgIpc) is 3.61. The number of aryl methyl sites for hydroxylation is 1. The second-order valence-electron chi connectivity index (χ2n) is 11.5. The molecule has 3 N–H and O–H groups in total. The number of nitrogen functional groups attached to an aromatic ring is 1. The number of nitrogens with zero attached hydrogens (tertiary/aromatic N) is 4. The van der Waals surface area contributed by atoms with Gasteiger partial charge in [0, 0.05) is 37.5 Å². The van der Waals surface area contributed by atoms with E-state index in [4.69, 9.17) is 31.5 Å². The molecule has 0 radical (unpaired) electrons. The van der Waals surface area contributed by atoms with Crippen LogP contribution < -0.4 is 25.4 Å². The molecule has 2 unspecified atom stereocenters. The number of rotatable bonds is 4. The van der Waals surface area contributed by atoms with Gasteiger partial charge in [-0.05, 0) is 31.4 Å². The van der Waals surface area contributed by atoms with E-state index >= 15 is 4.39 Å². The summed E-state index contributed by atoms with van der Waals surface area (Å²) in [7, 11) is 1.83. The molecular formula is C27H27ClF4N6O3. The van der Waals surface area contributed by atoms with Gasteiger partial charge in [-0.25, -0.2) is 9.37 Å². The standard InChI is InChI=1S/C27H27ClF4N6O3/c1-11-3-15(33)35-21(18(11)27(30,31)32)16-19(28)23-17-22(20(16)29)36-25(41-10-26-4-13(5-26)40-9-26)37-24(17)38(2)14-7-34-6-12(14)8-39-23/h3,12-14,34H,4-10H2,1-2H3,(H2,33,35). The Labute approximate surface area is 237 Å². The van der Waals surface area contributed by atoms with Crippen LogP contribution in [-0.2, 0) is 10.9 Å². The molecule has 5 aliphatic rings. The number of nitrogens with two attached hydrogens (primary N) is 1. The van der Waals surface area contributed by atoms with Crippen molar-refractivity contribution in [3.63, 3.8) is 0 Å². The van der Waals surface area contributed by atoms with E-state index in [0.717, 1.165) is 18.9 Å². The number of pyridine rings is 1. The van der Waals surface area contributed by atoms with Crippen LogP contribution in [0.25, 0.3) is 22.2 Å². The number of nitrogens with one attached hydrogen (secondary N) is 1. The van der Waals surface area contributed by atoms with Crippen LogP contribution >= 0.6 is 11.6 Å². The van der Waals surface area contributed by atoms with E-state index < -0.39 is 28.8 Å². The van der Waals surface area contributed by atoms with Gasteiger partial charge >= 0.3 is 12.2 Å². The number of likely N-dealkylation sites (N-methyl/N-ethyl adjacent to an activating group) is 1. The summed E-state index contributed by atoms with van der Waals surface area (Å²) in [4.78, 5) is 14.9. The van der Waals surface area contributed by atoms with Crippen LogP contribution in [0.2, 0.25) is 5.02 Å². The van der Waals surface area contributed by atoms with Crippen molar-refractivity contribution in [3.05, 3.63) is 28.0 Å². The number of alkyl halides is 3. The lowest BCUT2D eigenvalue weighted by atomic mass is 9.71. The Kier molecular flexibility index (Phi) is 5.98. The zero-order valence-electron chi connectivity index (χ0n) is 22.2. The number of ether oxygens (including phenoxy) is 3. The van der Waals surface area contributed by atoms with Crippen LogP contribution in [0.15, 0.2) is 6.07 Å². The maximum absolute atomic E-state index is 16.6. The fourth-order valence-electron chi connectivity index (χ4n) is 6.64. The highest BCUT2D eigenvalue weighted by atomic mass is 35.5. The monoisotopic (exact) mass is 594 g/mol. The van der Waals surface area contributed by atoms with Crippen molar-refractivity contribution in [1.82, 2.24) is 20.3 Å². The number of benzene rings is 1. The van der Waals surface area contributed by atoms with Crippen molar-refractivity contribution < 1.29 is 31.8 Å². The third-order valence-electron chi connectivity index (χ3n) is 8.73. The lowest BCUT2D eigenvalue weighted by molar-refractivity contribution is -0.137. The van der Waals surface area contributed by atoms with Gasteiger partial charge in [0.25, 0.3) is 0 Å². The number of anilines is 2. The molecule has 3 aromatic rings. The lowest BCUT2D eigenvalue weighted by Crippen LogP contribution is -2.42. The topological polar surface area (TPSA) is 108 Å². The summed E-state index contributed by atoms with van der Waals surface area (Å²) in [5.41, 5.74) is 2.72. The fraction of sp³-hybridized carbons (Fsp3) is 0.519. The highest BCUT2D eigenvalue weighted by molar-refractivity contribution is 6.36. The molecule has 2 atom stereocenters. The first-order chi connectivity index (χ1) is 19.5. The van der Waals surface area contributed by atoms with Crippen molar-refractivity contribution in [3.8, 4) is 23.0 Å². The van der Waals surface area contributed by atoms with E-state index in [9.17, 15) is 13.2 Å². The van der Waals surface area contributed by atoms with Crippen LogP contribution in [0.3, 0.4) is 0 Å². The Balaban J connectivity index is 1.47. The Morgan fingerprint density at radius 2 is 2.02 bits per heavy atom. The van der Waals surface area contributed by atoms with E-state index in [1.165, 1.54) is 6.92 Å². The molecule has 0 amide bonds. The van der Waals surface area contributed by atoms with E-state index in [-0.39, 0.29) is 75.8 Å². The number of fused-ring (bicyclic) bond motifs is 2. The van der Waals surface area contributed by atoms with Gasteiger partial charge < -0.3 is 30.2 Å². The molecule has 2 bridgehead atoms. The minimum Gasteiger partial charge on any atom is -0.491 e. The minimum absolute atomic E-state index is 0.00650. The Morgan fingerprint density at radius 3 is 2.73 bits per heavy atom. The molecule has 9 nitrogen and oxygen atoms in total. The molecule has 4 aliphatic heterocycles. The summed E-state index contributed by atoms with van der Waals surface area (Å²) in [6.07, 6.45) is -2.93. The Bertz CT molecular complexity index is 1580. The van der Waals surface area contributed by atoms with Gasteiger partial charge in [-0.1, -0.05) is 11.6 Å². The summed E-state index contributed by atoms with van der Waals surface area (Å²) < 4.78 is 77.3. The second kappa shape index (κ2) is 9.17. The molecule has 1 saturated carbocycles. The Morgan fingerprint density at radius 1 is 1.24 bits per heavy atom. The average molecular weight is 595 g/mol. The first-order valence-electron chi connectivity index (χ1n) is 13.3. The molecule has 41 heavy (non-hydrogen) atoms. The summed E-state index contributed by atoms with van der Waals surface area (Å²) in [5.74, 6) is -1.02. The largest absolute Gasteiger partial charge is 0.491 e. The molecule has 6 heterocycles. The predicted molar refractivity (Wildman–Crippen MR) is 143 cm³/mol. The maximum atomic E-state index is 16.6. The lowest BCUT2D eigenvalue weighted by Gasteiger charge is -2.35. The van der Waals surface area contributed by atoms with E-state index in [1.807, 2.05) is 11.9 Å². The second-order valence-corrected chi connectivity index (χ2v) is 11.9. The number of hydrogen-bond acceptors (Lipinski definition) is 9. The van der Waals surface area contributed by atoms with Gasteiger partial charge in [0.05, 0.1) is 53.2 Å². The molecule has 3 saturated heterocycles. The molecule has 4 fully saturated rings. The van der Waals surface area contributed by atoms with Crippen LogP contribution in [0.1, 0.15) is 24.0 Å². The van der Waals surface area contributed by atoms with Crippen molar-refractivity contribution in [2.45, 2.75) is 38.1 Å². The van der Waals surface area contributed by atoms with Crippen molar-refractivity contribution in [2.75, 3.05) is 50.6 Å². The summed E-state index contributed by atoms with van der Waals surface area (Å²) in [6.45, 7) is 3.54. The van der Waals surface area contributed by atoms with Gasteiger partial charge in [0.2, 0.25) is 0 Å². The van der Waals surface area contributed by atoms with Crippen molar-refractivity contribution in [1.29, 1.82) is 0 Å². The molecule has 218 valence electrons. The maximum Gasteiger partial charge on any atom is 0.418 e. The zero-order valence-corrected chi connectivity index (χ0v) is 23.0. The van der Waals surface area contributed by atoms with E-state index in [0.29, 0.717) is 25.5 Å².